The van der Waals surface area contributed by atoms with Gasteiger partial charge in [-0.15, -0.1) is 0 Å². The van der Waals surface area contributed by atoms with Crippen molar-refractivity contribution in [3.63, 3.8) is 0 Å². The van der Waals surface area contributed by atoms with Gasteiger partial charge in [0.05, 0.1) is 0 Å². The summed E-state index contributed by atoms with van der Waals surface area (Å²) >= 11 is 6.19. The largest absolute Gasteiger partial charge is 0.396 e. The van der Waals surface area contributed by atoms with Crippen molar-refractivity contribution in [2.24, 2.45) is 11.8 Å². The van der Waals surface area contributed by atoms with Gasteiger partial charge in [-0.3, -0.25) is 0 Å². The molecule has 1 nitrogen and oxygen atoms in total. The number of hydrogen-bond acceptors (Lipinski definition) is 1. The van der Waals surface area contributed by atoms with Crippen LogP contribution in [0.15, 0.2) is 18.2 Å². The van der Waals surface area contributed by atoms with Crippen molar-refractivity contribution in [2.75, 3.05) is 6.61 Å². The molecule has 0 aromatic heterocycles. The highest BCUT2D eigenvalue weighted by Gasteiger charge is 2.24. The second kappa shape index (κ2) is 4.54. The minimum atomic E-state index is 0.282. The standard InChI is InChI=1S/C13H17ClO/c1-9(8-15)11-6-5-10-3-2-4-13(14)12(10)7-11/h2-4,9,11,15H,5-8H2,1H3. The van der Waals surface area contributed by atoms with Gasteiger partial charge in [-0.2, -0.15) is 0 Å². The first-order valence-electron chi connectivity index (χ1n) is 5.59. The molecule has 82 valence electrons. The second-order valence-corrected chi connectivity index (χ2v) is 4.95. The molecule has 0 aliphatic heterocycles. The molecule has 2 heteroatoms. The minimum Gasteiger partial charge on any atom is -0.396 e. The second-order valence-electron chi connectivity index (χ2n) is 4.54. The van der Waals surface area contributed by atoms with E-state index in [1.807, 2.05) is 12.1 Å². The third-order valence-electron chi connectivity index (χ3n) is 3.56. The first-order chi connectivity index (χ1) is 7.22. The Hall–Kier alpha value is -0.530. The number of fused-ring (bicyclic) bond motifs is 1. The monoisotopic (exact) mass is 224 g/mol. The van der Waals surface area contributed by atoms with Crippen LogP contribution >= 0.6 is 11.6 Å². The highest BCUT2D eigenvalue weighted by atomic mass is 35.5. The van der Waals surface area contributed by atoms with Gasteiger partial charge in [-0.05, 0) is 48.3 Å². The van der Waals surface area contributed by atoms with Crippen LogP contribution in [0.4, 0.5) is 0 Å². The Balaban J connectivity index is 2.22. The summed E-state index contributed by atoms with van der Waals surface area (Å²) in [5.74, 6) is 0.969. The lowest BCUT2D eigenvalue weighted by molar-refractivity contribution is 0.178. The summed E-state index contributed by atoms with van der Waals surface area (Å²) in [6.07, 6.45) is 3.30. The predicted molar refractivity (Wildman–Crippen MR) is 63.2 cm³/mol. The van der Waals surface area contributed by atoms with E-state index >= 15 is 0 Å². The molecule has 0 saturated heterocycles. The Bertz CT molecular complexity index is 348. The fraction of sp³-hybridized carbons (Fsp3) is 0.538. The molecule has 1 aromatic rings. The van der Waals surface area contributed by atoms with Crippen molar-refractivity contribution < 1.29 is 5.11 Å². The van der Waals surface area contributed by atoms with Gasteiger partial charge in [-0.25, -0.2) is 0 Å². The highest BCUT2D eigenvalue weighted by Crippen LogP contribution is 2.33. The molecule has 0 radical (unpaired) electrons. The predicted octanol–water partition coefficient (Wildman–Crippen LogP) is 3.07. The SMILES string of the molecule is CC(CO)C1CCc2cccc(Cl)c2C1. The van der Waals surface area contributed by atoms with E-state index in [4.69, 9.17) is 11.6 Å². The molecule has 0 bridgehead atoms. The van der Waals surface area contributed by atoms with Crippen LogP contribution in [0.5, 0.6) is 0 Å². The van der Waals surface area contributed by atoms with Gasteiger partial charge in [0.15, 0.2) is 0 Å². The summed E-state index contributed by atoms with van der Waals surface area (Å²) in [7, 11) is 0. The molecule has 0 heterocycles. The fourth-order valence-electron chi connectivity index (χ4n) is 2.41. The van der Waals surface area contributed by atoms with Gasteiger partial charge >= 0.3 is 0 Å². The molecule has 1 N–H and O–H groups in total. The van der Waals surface area contributed by atoms with Crippen LogP contribution in [-0.2, 0) is 12.8 Å². The van der Waals surface area contributed by atoms with E-state index in [0.29, 0.717) is 11.8 Å². The summed E-state index contributed by atoms with van der Waals surface area (Å²) in [5.41, 5.74) is 2.69. The van der Waals surface area contributed by atoms with E-state index in [-0.39, 0.29) is 6.61 Å². The Morgan fingerprint density at radius 3 is 3.07 bits per heavy atom. The lowest BCUT2D eigenvalue weighted by atomic mass is 9.78. The quantitative estimate of drug-likeness (QED) is 0.819. The topological polar surface area (TPSA) is 20.2 Å². The number of aryl methyl sites for hydroxylation is 1. The zero-order valence-corrected chi connectivity index (χ0v) is 9.80. The number of aliphatic hydroxyl groups excluding tert-OH is 1. The van der Waals surface area contributed by atoms with Gasteiger partial charge < -0.3 is 5.11 Å². The van der Waals surface area contributed by atoms with E-state index in [1.165, 1.54) is 17.5 Å². The maximum Gasteiger partial charge on any atom is 0.0459 e. The molecule has 0 saturated carbocycles. The average molecular weight is 225 g/mol. The van der Waals surface area contributed by atoms with Crippen molar-refractivity contribution in [1.29, 1.82) is 0 Å². The molecule has 1 aliphatic rings. The zero-order valence-electron chi connectivity index (χ0n) is 9.04. The number of rotatable bonds is 2. The molecule has 0 fully saturated rings. The van der Waals surface area contributed by atoms with E-state index in [9.17, 15) is 5.11 Å². The van der Waals surface area contributed by atoms with Crippen LogP contribution in [0.2, 0.25) is 5.02 Å². The van der Waals surface area contributed by atoms with Crippen molar-refractivity contribution in [3.05, 3.63) is 34.3 Å². The number of hydrogen-bond donors (Lipinski definition) is 1. The molecule has 0 amide bonds. The molecule has 15 heavy (non-hydrogen) atoms. The summed E-state index contributed by atoms with van der Waals surface area (Å²) in [6, 6.07) is 6.16. The van der Waals surface area contributed by atoms with E-state index in [1.54, 1.807) is 0 Å². The lowest BCUT2D eigenvalue weighted by Gasteiger charge is -2.29. The maximum absolute atomic E-state index is 9.17. The minimum absolute atomic E-state index is 0.282. The molecule has 1 aliphatic carbocycles. The Labute approximate surface area is 96.1 Å². The summed E-state index contributed by atoms with van der Waals surface area (Å²) < 4.78 is 0. The Morgan fingerprint density at radius 1 is 1.53 bits per heavy atom. The molecule has 2 rings (SSSR count). The maximum atomic E-state index is 9.17. The van der Waals surface area contributed by atoms with E-state index in [2.05, 4.69) is 13.0 Å². The number of halogens is 1. The summed E-state index contributed by atoms with van der Waals surface area (Å²) in [4.78, 5) is 0. The summed E-state index contributed by atoms with van der Waals surface area (Å²) in [6.45, 7) is 2.40. The van der Waals surface area contributed by atoms with Crippen LogP contribution in [0, 0.1) is 11.8 Å². The van der Waals surface area contributed by atoms with Gasteiger partial charge in [-0.1, -0.05) is 30.7 Å². The highest BCUT2D eigenvalue weighted by molar-refractivity contribution is 6.31. The number of benzene rings is 1. The third-order valence-corrected chi connectivity index (χ3v) is 3.91. The van der Waals surface area contributed by atoms with E-state index < -0.39 is 0 Å². The van der Waals surface area contributed by atoms with Crippen LogP contribution < -0.4 is 0 Å². The van der Waals surface area contributed by atoms with Gasteiger partial charge in [0.25, 0.3) is 0 Å². The van der Waals surface area contributed by atoms with E-state index in [0.717, 1.165) is 17.9 Å². The molecule has 1 aromatic carbocycles. The Morgan fingerprint density at radius 2 is 2.33 bits per heavy atom. The molecular formula is C13H17ClO. The third kappa shape index (κ3) is 2.19. The average Bonchev–Trinajstić information content (AvgIpc) is 2.28. The smallest absolute Gasteiger partial charge is 0.0459 e. The fourth-order valence-corrected chi connectivity index (χ4v) is 2.68. The van der Waals surface area contributed by atoms with Crippen LogP contribution in [-0.4, -0.2) is 11.7 Å². The normalized spacial score (nSPS) is 22.2. The molecule has 2 unspecified atom stereocenters. The Kier molecular flexibility index (Phi) is 3.32. The van der Waals surface area contributed by atoms with Gasteiger partial charge in [0.2, 0.25) is 0 Å². The lowest BCUT2D eigenvalue weighted by Crippen LogP contribution is -2.23. The first kappa shape index (κ1) is 11.0. The molecule has 0 spiro atoms. The van der Waals surface area contributed by atoms with Crippen LogP contribution in [0.3, 0.4) is 0 Å². The number of aliphatic hydroxyl groups is 1. The van der Waals surface area contributed by atoms with Crippen molar-refractivity contribution >= 4 is 11.6 Å². The molecule has 2 atom stereocenters. The summed E-state index contributed by atoms with van der Waals surface area (Å²) in [5, 5.41) is 10.1. The van der Waals surface area contributed by atoms with Gasteiger partial charge in [0, 0.05) is 11.6 Å². The van der Waals surface area contributed by atoms with Crippen molar-refractivity contribution in [1.82, 2.24) is 0 Å². The molecular weight excluding hydrogens is 208 g/mol. The van der Waals surface area contributed by atoms with Crippen molar-refractivity contribution in [3.8, 4) is 0 Å². The van der Waals surface area contributed by atoms with Crippen molar-refractivity contribution in [2.45, 2.75) is 26.2 Å². The zero-order chi connectivity index (χ0) is 10.8. The first-order valence-corrected chi connectivity index (χ1v) is 5.97. The van der Waals surface area contributed by atoms with Crippen LogP contribution in [0.25, 0.3) is 0 Å². The van der Waals surface area contributed by atoms with Crippen LogP contribution in [0.1, 0.15) is 24.5 Å². The van der Waals surface area contributed by atoms with Gasteiger partial charge in [0.1, 0.15) is 0 Å².